The number of carbonyl (C=O) groups excluding carboxylic acids is 1. The highest BCUT2D eigenvalue weighted by molar-refractivity contribution is 5.86. The van der Waals surface area contributed by atoms with Gasteiger partial charge in [-0.3, -0.25) is 4.79 Å². The lowest BCUT2D eigenvalue weighted by Crippen LogP contribution is -2.56. The fourth-order valence-corrected chi connectivity index (χ4v) is 2.18. The van der Waals surface area contributed by atoms with Crippen molar-refractivity contribution in [2.75, 3.05) is 6.54 Å². The van der Waals surface area contributed by atoms with E-state index in [1.807, 2.05) is 6.92 Å². The van der Waals surface area contributed by atoms with Crippen LogP contribution in [0.1, 0.15) is 39.5 Å². The summed E-state index contributed by atoms with van der Waals surface area (Å²) in [5.41, 5.74) is 5.52. The first-order chi connectivity index (χ1) is 6.15. The highest BCUT2D eigenvalue weighted by Crippen LogP contribution is 2.28. The van der Waals surface area contributed by atoms with E-state index >= 15 is 0 Å². The maximum absolute atomic E-state index is 11.7. The van der Waals surface area contributed by atoms with E-state index in [1.54, 1.807) is 0 Å². The summed E-state index contributed by atoms with van der Waals surface area (Å²) in [6.45, 7) is 4.89. The van der Waals surface area contributed by atoms with Gasteiger partial charge in [0.2, 0.25) is 5.91 Å². The van der Waals surface area contributed by atoms with Gasteiger partial charge in [-0.05, 0) is 25.2 Å². The van der Waals surface area contributed by atoms with Crippen molar-refractivity contribution in [2.24, 2.45) is 11.7 Å². The van der Waals surface area contributed by atoms with E-state index in [9.17, 15) is 4.79 Å². The molecule has 0 aliphatic carbocycles. The summed E-state index contributed by atoms with van der Waals surface area (Å²) < 4.78 is 0. The van der Waals surface area contributed by atoms with Crippen LogP contribution in [0.2, 0.25) is 0 Å². The molecule has 1 rings (SSSR count). The van der Waals surface area contributed by atoms with Crippen LogP contribution in [0.15, 0.2) is 0 Å². The zero-order valence-corrected chi connectivity index (χ0v) is 8.60. The van der Waals surface area contributed by atoms with Crippen LogP contribution in [0.3, 0.4) is 0 Å². The van der Waals surface area contributed by atoms with Gasteiger partial charge < -0.3 is 11.1 Å². The lowest BCUT2D eigenvalue weighted by atomic mass is 9.78. The number of rotatable bonds is 2. The number of nitrogens with two attached hydrogens (primary N) is 1. The first kappa shape index (κ1) is 10.5. The van der Waals surface area contributed by atoms with Crippen molar-refractivity contribution in [3.63, 3.8) is 0 Å². The van der Waals surface area contributed by atoms with Crippen LogP contribution in [0.5, 0.6) is 0 Å². The standard InChI is InChI=1S/C10H20N2O/c1-3-8-6-5-7-12-9(13)10(8,11)4-2/h8H,3-7,11H2,1-2H3,(H,12,13). The zero-order chi connectivity index (χ0) is 9.90. The van der Waals surface area contributed by atoms with Gasteiger partial charge >= 0.3 is 0 Å². The van der Waals surface area contributed by atoms with Crippen LogP contribution in [0.25, 0.3) is 0 Å². The van der Waals surface area contributed by atoms with Crippen molar-refractivity contribution in [2.45, 2.75) is 45.1 Å². The minimum atomic E-state index is -0.620. The van der Waals surface area contributed by atoms with Crippen LogP contribution < -0.4 is 11.1 Å². The van der Waals surface area contributed by atoms with E-state index in [0.29, 0.717) is 5.92 Å². The average molecular weight is 184 g/mol. The summed E-state index contributed by atoms with van der Waals surface area (Å²) in [7, 11) is 0. The minimum absolute atomic E-state index is 0.0411. The Bertz CT molecular complexity index is 193. The molecule has 76 valence electrons. The van der Waals surface area contributed by atoms with Gasteiger partial charge in [0.1, 0.15) is 0 Å². The van der Waals surface area contributed by atoms with Crippen molar-refractivity contribution in [3.8, 4) is 0 Å². The van der Waals surface area contributed by atoms with Gasteiger partial charge in [-0.25, -0.2) is 0 Å². The Labute approximate surface area is 80.1 Å². The zero-order valence-electron chi connectivity index (χ0n) is 8.60. The summed E-state index contributed by atoms with van der Waals surface area (Å²) in [6.07, 6.45) is 3.86. The largest absolute Gasteiger partial charge is 0.354 e. The molecule has 3 heteroatoms. The normalized spacial score (nSPS) is 35.3. The Morgan fingerprint density at radius 2 is 2.31 bits per heavy atom. The second kappa shape index (κ2) is 4.09. The van der Waals surface area contributed by atoms with E-state index in [1.165, 1.54) is 0 Å². The highest BCUT2D eigenvalue weighted by Gasteiger charge is 2.40. The molecular formula is C10H20N2O. The molecule has 13 heavy (non-hydrogen) atoms. The number of nitrogens with one attached hydrogen (secondary N) is 1. The molecule has 0 bridgehead atoms. The van der Waals surface area contributed by atoms with Crippen molar-refractivity contribution in [1.82, 2.24) is 5.32 Å². The van der Waals surface area contributed by atoms with Crippen molar-refractivity contribution >= 4 is 5.91 Å². The quantitative estimate of drug-likeness (QED) is 0.673. The highest BCUT2D eigenvalue weighted by atomic mass is 16.2. The molecule has 0 aromatic carbocycles. The van der Waals surface area contributed by atoms with Crippen LogP contribution in [0, 0.1) is 5.92 Å². The van der Waals surface area contributed by atoms with Gasteiger partial charge in [-0.1, -0.05) is 20.3 Å². The fraction of sp³-hybridized carbons (Fsp3) is 0.900. The molecule has 3 N–H and O–H groups in total. The Balaban J connectivity index is 2.85. The molecule has 1 fully saturated rings. The predicted molar refractivity (Wildman–Crippen MR) is 53.2 cm³/mol. The molecule has 3 nitrogen and oxygen atoms in total. The second-order valence-corrected chi connectivity index (χ2v) is 3.90. The molecule has 1 amide bonds. The molecule has 0 spiro atoms. The molecule has 1 saturated heterocycles. The van der Waals surface area contributed by atoms with E-state index < -0.39 is 5.54 Å². The second-order valence-electron chi connectivity index (χ2n) is 3.90. The molecule has 2 unspecified atom stereocenters. The van der Waals surface area contributed by atoms with Gasteiger partial charge in [-0.15, -0.1) is 0 Å². The Morgan fingerprint density at radius 3 is 2.85 bits per heavy atom. The first-order valence-corrected chi connectivity index (χ1v) is 5.22. The lowest BCUT2D eigenvalue weighted by Gasteiger charge is -2.32. The van der Waals surface area contributed by atoms with E-state index in [4.69, 9.17) is 5.73 Å². The summed E-state index contributed by atoms with van der Waals surface area (Å²) >= 11 is 0. The molecule has 0 saturated carbocycles. The Hall–Kier alpha value is -0.570. The molecule has 1 aliphatic heterocycles. The van der Waals surface area contributed by atoms with Crippen LogP contribution >= 0.6 is 0 Å². The smallest absolute Gasteiger partial charge is 0.240 e. The Kier molecular flexibility index (Phi) is 3.31. The number of hydrogen-bond donors (Lipinski definition) is 2. The first-order valence-electron chi connectivity index (χ1n) is 5.22. The van der Waals surface area contributed by atoms with E-state index in [2.05, 4.69) is 12.2 Å². The topological polar surface area (TPSA) is 55.1 Å². The van der Waals surface area contributed by atoms with Crippen LogP contribution in [-0.4, -0.2) is 18.0 Å². The number of hydrogen-bond acceptors (Lipinski definition) is 2. The van der Waals surface area contributed by atoms with Crippen molar-refractivity contribution in [3.05, 3.63) is 0 Å². The average Bonchev–Trinajstić information content (AvgIpc) is 2.28. The summed E-state index contributed by atoms with van der Waals surface area (Å²) in [6, 6.07) is 0. The monoisotopic (exact) mass is 184 g/mol. The summed E-state index contributed by atoms with van der Waals surface area (Å²) in [5.74, 6) is 0.388. The van der Waals surface area contributed by atoms with Gasteiger partial charge in [0.15, 0.2) is 0 Å². The van der Waals surface area contributed by atoms with Gasteiger partial charge in [-0.2, -0.15) is 0 Å². The molecule has 1 aliphatic rings. The molecule has 2 atom stereocenters. The Morgan fingerprint density at radius 1 is 1.62 bits per heavy atom. The van der Waals surface area contributed by atoms with Crippen LogP contribution in [-0.2, 0) is 4.79 Å². The van der Waals surface area contributed by atoms with Gasteiger partial charge in [0.25, 0.3) is 0 Å². The number of amides is 1. The van der Waals surface area contributed by atoms with Gasteiger partial charge in [0, 0.05) is 6.54 Å². The van der Waals surface area contributed by atoms with E-state index in [0.717, 1.165) is 32.2 Å². The fourth-order valence-electron chi connectivity index (χ4n) is 2.18. The molecule has 1 heterocycles. The third-order valence-corrected chi connectivity index (χ3v) is 3.24. The molecular weight excluding hydrogens is 164 g/mol. The maximum Gasteiger partial charge on any atom is 0.240 e. The molecule has 0 aromatic rings. The molecule has 0 radical (unpaired) electrons. The van der Waals surface area contributed by atoms with E-state index in [-0.39, 0.29) is 5.91 Å². The number of carbonyl (C=O) groups is 1. The van der Waals surface area contributed by atoms with Crippen molar-refractivity contribution < 1.29 is 4.79 Å². The summed E-state index contributed by atoms with van der Waals surface area (Å²) in [5, 5.41) is 2.89. The van der Waals surface area contributed by atoms with Crippen molar-refractivity contribution in [1.29, 1.82) is 0 Å². The predicted octanol–water partition coefficient (Wildman–Crippen LogP) is 1.03. The third-order valence-electron chi connectivity index (χ3n) is 3.24. The maximum atomic E-state index is 11.7. The minimum Gasteiger partial charge on any atom is -0.354 e. The molecule has 0 aromatic heterocycles. The van der Waals surface area contributed by atoms with Crippen LogP contribution in [0.4, 0.5) is 0 Å². The SMILES string of the molecule is CCC1CCCNC(=O)C1(N)CC. The van der Waals surface area contributed by atoms with Gasteiger partial charge in [0.05, 0.1) is 5.54 Å². The third kappa shape index (κ3) is 1.85. The lowest BCUT2D eigenvalue weighted by molar-refractivity contribution is -0.127. The summed E-state index contributed by atoms with van der Waals surface area (Å²) in [4.78, 5) is 11.7.